The Morgan fingerprint density at radius 3 is 2.48 bits per heavy atom. The Balaban J connectivity index is 2.06. The Hall–Kier alpha value is -3.20. The van der Waals surface area contributed by atoms with Crippen molar-refractivity contribution in [3.63, 3.8) is 0 Å². The van der Waals surface area contributed by atoms with Gasteiger partial charge in [0, 0.05) is 6.92 Å². The van der Waals surface area contributed by atoms with Crippen LogP contribution < -0.4 is 9.46 Å². The van der Waals surface area contributed by atoms with E-state index in [2.05, 4.69) is 4.72 Å². The lowest BCUT2D eigenvalue weighted by atomic mass is 10.3. The molecule has 0 fully saturated rings. The number of ether oxygens (including phenoxy) is 1. The van der Waals surface area contributed by atoms with Gasteiger partial charge in [-0.2, -0.15) is 0 Å². The van der Waals surface area contributed by atoms with Crippen molar-refractivity contribution in [2.75, 3.05) is 4.72 Å². The van der Waals surface area contributed by atoms with E-state index < -0.39 is 33.4 Å². The molecule has 2 aromatic heterocycles. The lowest BCUT2D eigenvalue weighted by molar-refractivity contribution is -0.131. The standard InChI is InChI=1S/C16H13NO7S/c1-10(18)23-15-13(19)14(12-8-5-9-22-12)24-16(15)17-25(20,21)11-6-3-2-4-7-11/h2-9,17,19H,1H3. The van der Waals surface area contributed by atoms with Crippen LogP contribution in [0.3, 0.4) is 0 Å². The first kappa shape index (κ1) is 16.7. The van der Waals surface area contributed by atoms with Crippen LogP contribution in [0.25, 0.3) is 11.5 Å². The third kappa shape index (κ3) is 3.36. The maximum absolute atomic E-state index is 12.4. The number of rotatable bonds is 5. The Morgan fingerprint density at radius 2 is 1.88 bits per heavy atom. The zero-order valence-electron chi connectivity index (χ0n) is 12.9. The Kier molecular flexibility index (Phi) is 4.24. The van der Waals surface area contributed by atoms with Crippen molar-refractivity contribution in [2.24, 2.45) is 0 Å². The number of aromatic hydroxyl groups is 1. The Labute approximate surface area is 142 Å². The second-order valence-corrected chi connectivity index (χ2v) is 6.61. The highest BCUT2D eigenvalue weighted by Gasteiger charge is 2.28. The summed E-state index contributed by atoms with van der Waals surface area (Å²) in [5.41, 5.74) is 0. The van der Waals surface area contributed by atoms with Crippen molar-refractivity contribution in [3.8, 4) is 23.0 Å². The molecule has 2 N–H and O–H groups in total. The van der Waals surface area contributed by atoms with Gasteiger partial charge in [0.25, 0.3) is 15.9 Å². The van der Waals surface area contributed by atoms with E-state index in [4.69, 9.17) is 13.6 Å². The molecule has 0 atom stereocenters. The number of benzene rings is 1. The summed E-state index contributed by atoms with van der Waals surface area (Å²) in [6.45, 7) is 1.11. The van der Waals surface area contributed by atoms with Crippen molar-refractivity contribution in [1.82, 2.24) is 0 Å². The fourth-order valence-electron chi connectivity index (χ4n) is 2.07. The van der Waals surface area contributed by atoms with Gasteiger partial charge in [0.15, 0.2) is 5.76 Å². The third-order valence-corrected chi connectivity index (χ3v) is 4.46. The predicted octanol–water partition coefficient (Wildman–Crippen LogP) is 2.97. The molecule has 0 unspecified atom stereocenters. The second kappa shape index (κ2) is 6.36. The monoisotopic (exact) mass is 363 g/mol. The molecule has 0 amide bonds. The topological polar surface area (TPSA) is 119 Å². The second-order valence-electron chi connectivity index (χ2n) is 4.93. The number of sulfonamides is 1. The fourth-order valence-corrected chi connectivity index (χ4v) is 3.08. The number of hydrogen-bond donors (Lipinski definition) is 2. The van der Waals surface area contributed by atoms with E-state index in [1.807, 2.05) is 0 Å². The minimum atomic E-state index is -4.02. The maximum atomic E-state index is 12.4. The van der Waals surface area contributed by atoms with Crippen molar-refractivity contribution in [2.45, 2.75) is 11.8 Å². The van der Waals surface area contributed by atoms with E-state index in [1.54, 1.807) is 24.3 Å². The van der Waals surface area contributed by atoms with Crippen LogP contribution in [0, 0.1) is 0 Å². The van der Waals surface area contributed by atoms with Crippen LogP contribution in [-0.4, -0.2) is 19.5 Å². The number of furan rings is 2. The zero-order valence-corrected chi connectivity index (χ0v) is 13.7. The number of carbonyl (C=O) groups excluding carboxylic acids is 1. The number of esters is 1. The van der Waals surface area contributed by atoms with Crippen molar-refractivity contribution in [1.29, 1.82) is 0 Å². The Bertz CT molecular complexity index is 989. The molecule has 0 saturated carbocycles. The normalized spacial score (nSPS) is 11.2. The molecule has 0 spiro atoms. The molecule has 3 aromatic rings. The molecule has 0 aliphatic carbocycles. The van der Waals surface area contributed by atoms with Gasteiger partial charge in [0.1, 0.15) is 0 Å². The van der Waals surface area contributed by atoms with Crippen molar-refractivity contribution >= 4 is 21.9 Å². The van der Waals surface area contributed by atoms with Crippen LogP contribution in [0.4, 0.5) is 5.88 Å². The molecule has 8 nitrogen and oxygen atoms in total. The molecule has 130 valence electrons. The summed E-state index contributed by atoms with van der Waals surface area (Å²) < 4.78 is 42.4. The molecule has 2 heterocycles. The van der Waals surface area contributed by atoms with E-state index in [0.29, 0.717) is 0 Å². The largest absolute Gasteiger partial charge is 0.501 e. The highest BCUT2D eigenvalue weighted by molar-refractivity contribution is 7.92. The first-order valence-electron chi connectivity index (χ1n) is 7.04. The summed E-state index contributed by atoms with van der Waals surface area (Å²) in [6.07, 6.45) is 1.34. The molecule has 1 aromatic carbocycles. The molecule has 0 aliphatic rings. The predicted molar refractivity (Wildman–Crippen MR) is 86.6 cm³/mol. The molecular weight excluding hydrogens is 350 g/mol. The number of hydrogen-bond acceptors (Lipinski definition) is 7. The quantitative estimate of drug-likeness (QED) is 0.669. The Morgan fingerprint density at radius 1 is 1.16 bits per heavy atom. The SMILES string of the molecule is CC(=O)Oc1c(NS(=O)(=O)c2ccccc2)oc(-c2ccco2)c1O. The molecule has 9 heteroatoms. The molecular formula is C16H13NO7S. The van der Waals surface area contributed by atoms with Gasteiger partial charge >= 0.3 is 5.97 Å². The smallest absolute Gasteiger partial charge is 0.308 e. The summed E-state index contributed by atoms with van der Waals surface area (Å²) in [6, 6.07) is 10.6. The van der Waals surface area contributed by atoms with Crippen LogP contribution >= 0.6 is 0 Å². The maximum Gasteiger partial charge on any atom is 0.308 e. The molecule has 0 radical (unpaired) electrons. The molecule has 3 rings (SSSR count). The van der Waals surface area contributed by atoms with Gasteiger partial charge in [-0.05, 0) is 24.3 Å². The van der Waals surface area contributed by atoms with Gasteiger partial charge in [-0.3, -0.25) is 4.79 Å². The number of carbonyl (C=O) groups is 1. The third-order valence-electron chi connectivity index (χ3n) is 3.11. The molecule has 0 aliphatic heterocycles. The summed E-state index contributed by atoms with van der Waals surface area (Å²) in [5.74, 6) is -2.25. The van der Waals surface area contributed by atoms with Crippen LogP contribution in [0.1, 0.15) is 6.92 Å². The summed E-state index contributed by atoms with van der Waals surface area (Å²) in [7, 11) is -4.02. The fraction of sp³-hybridized carbons (Fsp3) is 0.0625. The van der Waals surface area contributed by atoms with Crippen LogP contribution in [-0.2, 0) is 14.8 Å². The van der Waals surface area contributed by atoms with Gasteiger partial charge in [-0.1, -0.05) is 18.2 Å². The average molecular weight is 363 g/mol. The van der Waals surface area contributed by atoms with E-state index in [9.17, 15) is 18.3 Å². The van der Waals surface area contributed by atoms with E-state index >= 15 is 0 Å². The van der Waals surface area contributed by atoms with E-state index in [0.717, 1.165) is 6.92 Å². The van der Waals surface area contributed by atoms with Crippen LogP contribution in [0.5, 0.6) is 11.5 Å². The van der Waals surface area contributed by atoms with Crippen molar-refractivity contribution in [3.05, 3.63) is 48.7 Å². The van der Waals surface area contributed by atoms with E-state index in [1.165, 1.54) is 24.5 Å². The van der Waals surface area contributed by atoms with Gasteiger partial charge in [0.2, 0.25) is 17.3 Å². The van der Waals surface area contributed by atoms with Crippen LogP contribution in [0.15, 0.2) is 62.5 Å². The van der Waals surface area contributed by atoms with E-state index in [-0.39, 0.29) is 16.4 Å². The van der Waals surface area contributed by atoms with Crippen LogP contribution in [0.2, 0.25) is 0 Å². The minimum Gasteiger partial charge on any atom is -0.501 e. The van der Waals surface area contributed by atoms with Gasteiger partial charge < -0.3 is 18.7 Å². The van der Waals surface area contributed by atoms with Crippen molar-refractivity contribution < 1.29 is 31.9 Å². The highest BCUT2D eigenvalue weighted by atomic mass is 32.2. The molecule has 25 heavy (non-hydrogen) atoms. The molecule has 0 saturated heterocycles. The number of nitrogens with one attached hydrogen (secondary N) is 1. The lowest BCUT2D eigenvalue weighted by Crippen LogP contribution is -2.13. The zero-order chi connectivity index (χ0) is 18.0. The summed E-state index contributed by atoms with van der Waals surface area (Å²) in [5, 5.41) is 10.2. The lowest BCUT2D eigenvalue weighted by Gasteiger charge is -2.07. The number of anilines is 1. The average Bonchev–Trinajstić information content (AvgIpc) is 3.19. The highest BCUT2D eigenvalue weighted by Crippen LogP contribution is 2.46. The van der Waals surface area contributed by atoms with Gasteiger partial charge in [-0.25, -0.2) is 13.1 Å². The first-order chi connectivity index (χ1) is 11.9. The van der Waals surface area contributed by atoms with Gasteiger partial charge in [-0.15, -0.1) is 0 Å². The summed E-state index contributed by atoms with van der Waals surface area (Å²) >= 11 is 0. The summed E-state index contributed by atoms with van der Waals surface area (Å²) in [4.78, 5) is 11.2. The minimum absolute atomic E-state index is 0.0285. The molecule has 0 bridgehead atoms. The van der Waals surface area contributed by atoms with Gasteiger partial charge in [0.05, 0.1) is 11.2 Å². The first-order valence-corrected chi connectivity index (χ1v) is 8.52.